The summed E-state index contributed by atoms with van der Waals surface area (Å²) in [5.74, 6) is -0.601. The summed E-state index contributed by atoms with van der Waals surface area (Å²) in [4.78, 5) is 0. The van der Waals surface area contributed by atoms with Gasteiger partial charge in [-0.05, 0) is 19.1 Å². The summed E-state index contributed by atoms with van der Waals surface area (Å²) in [6.45, 7) is 1.16. The largest absolute Gasteiger partial charge is 0.394 e. The van der Waals surface area contributed by atoms with Crippen LogP contribution in [0.3, 0.4) is 0 Å². The van der Waals surface area contributed by atoms with Crippen molar-refractivity contribution < 1.29 is 9.50 Å². The summed E-state index contributed by atoms with van der Waals surface area (Å²) in [6.07, 6.45) is 0. The normalized spacial score (nSPS) is 15.3. The zero-order valence-corrected chi connectivity index (χ0v) is 9.03. The predicted octanol–water partition coefficient (Wildman–Crippen LogP) is 2.30. The van der Waals surface area contributed by atoms with E-state index in [1.54, 1.807) is 0 Å². The molecule has 0 heterocycles. The van der Waals surface area contributed by atoms with Crippen LogP contribution < -0.4 is 5.73 Å². The number of aliphatic hydroxyl groups excluding tert-OH is 1. The van der Waals surface area contributed by atoms with Gasteiger partial charge in [-0.3, -0.25) is 0 Å². The molecule has 1 aromatic rings. The first kappa shape index (κ1) is 11.7. The van der Waals surface area contributed by atoms with Crippen LogP contribution in [0.15, 0.2) is 12.1 Å². The fourth-order valence-electron chi connectivity index (χ4n) is 1.13. The Labute approximate surface area is 91.4 Å². The van der Waals surface area contributed by atoms with E-state index in [4.69, 9.17) is 34.0 Å². The van der Waals surface area contributed by atoms with Crippen molar-refractivity contribution in [1.82, 2.24) is 0 Å². The van der Waals surface area contributed by atoms with Gasteiger partial charge in [0, 0.05) is 10.6 Å². The Kier molecular flexibility index (Phi) is 3.37. The first-order valence-electron chi connectivity index (χ1n) is 3.94. The smallest absolute Gasteiger partial charge is 0.142 e. The summed E-state index contributed by atoms with van der Waals surface area (Å²) in [5, 5.41) is 9.13. The van der Waals surface area contributed by atoms with E-state index in [0.717, 1.165) is 6.07 Å². The maximum atomic E-state index is 13.1. The zero-order chi connectivity index (χ0) is 10.9. The van der Waals surface area contributed by atoms with Gasteiger partial charge in [-0.2, -0.15) is 0 Å². The van der Waals surface area contributed by atoms with Crippen LogP contribution >= 0.6 is 23.2 Å². The Morgan fingerprint density at radius 2 is 2.07 bits per heavy atom. The number of hydrogen-bond acceptors (Lipinski definition) is 2. The molecule has 1 aromatic carbocycles. The topological polar surface area (TPSA) is 46.2 Å². The van der Waals surface area contributed by atoms with E-state index in [1.165, 1.54) is 13.0 Å². The van der Waals surface area contributed by atoms with Gasteiger partial charge in [0.2, 0.25) is 0 Å². The second-order valence-electron chi connectivity index (χ2n) is 3.29. The van der Waals surface area contributed by atoms with Gasteiger partial charge in [0.05, 0.1) is 17.2 Å². The number of halogens is 3. The highest BCUT2D eigenvalue weighted by Crippen LogP contribution is 2.34. The van der Waals surface area contributed by atoms with Crippen molar-refractivity contribution in [3.8, 4) is 0 Å². The highest BCUT2D eigenvalue weighted by atomic mass is 35.5. The lowest BCUT2D eigenvalue weighted by atomic mass is 9.94. The molecule has 0 radical (unpaired) electrons. The average molecular weight is 238 g/mol. The molecule has 0 saturated carbocycles. The third-order valence-electron chi connectivity index (χ3n) is 1.94. The summed E-state index contributed by atoms with van der Waals surface area (Å²) in [7, 11) is 0. The fraction of sp³-hybridized carbons (Fsp3) is 0.333. The summed E-state index contributed by atoms with van der Waals surface area (Å²) < 4.78 is 13.1. The molecule has 14 heavy (non-hydrogen) atoms. The van der Waals surface area contributed by atoms with Crippen molar-refractivity contribution in [1.29, 1.82) is 0 Å². The molecule has 1 atom stereocenters. The van der Waals surface area contributed by atoms with Crippen LogP contribution in [0.25, 0.3) is 0 Å². The fourth-order valence-corrected chi connectivity index (χ4v) is 1.93. The molecule has 0 amide bonds. The van der Waals surface area contributed by atoms with Gasteiger partial charge in [-0.1, -0.05) is 23.2 Å². The minimum atomic E-state index is -1.14. The van der Waals surface area contributed by atoms with Gasteiger partial charge in [-0.25, -0.2) is 4.39 Å². The second-order valence-corrected chi connectivity index (χ2v) is 4.08. The van der Waals surface area contributed by atoms with E-state index in [2.05, 4.69) is 0 Å². The molecule has 5 heteroatoms. The van der Waals surface area contributed by atoms with Gasteiger partial charge >= 0.3 is 0 Å². The quantitative estimate of drug-likeness (QED) is 0.776. The van der Waals surface area contributed by atoms with Crippen molar-refractivity contribution in [2.75, 3.05) is 6.61 Å². The third-order valence-corrected chi connectivity index (χ3v) is 2.63. The van der Waals surface area contributed by atoms with E-state index in [9.17, 15) is 4.39 Å². The van der Waals surface area contributed by atoms with Gasteiger partial charge < -0.3 is 10.8 Å². The van der Waals surface area contributed by atoms with Gasteiger partial charge in [0.15, 0.2) is 0 Å². The van der Waals surface area contributed by atoms with E-state index in [1.807, 2.05) is 0 Å². The van der Waals surface area contributed by atoms with E-state index in [-0.39, 0.29) is 22.2 Å². The van der Waals surface area contributed by atoms with Crippen LogP contribution in [0.4, 0.5) is 4.39 Å². The van der Waals surface area contributed by atoms with Crippen LogP contribution in [0.5, 0.6) is 0 Å². The molecule has 0 aliphatic heterocycles. The van der Waals surface area contributed by atoms with Crippen LogP contribution in [0, 0.1) is 5.82 Å². The molecule has 2 nitrogen and oxygen atoms in total. The van der Waals surface area contributed by atoms with Crippen molar-refractivity contribution >= 4 is 23.2 Å². The second kappa shape index (κ2) is 4.03. The Morgan fingerprint density at radius 1 is 1.50 bits per heavy atom. The maximum Gasteiger partial charge on any atom is 0.142 e. The van der Waals surface area contributed by atoms with Gasteiger partial charge in [0.25, 0.3) is 0 Å². The van der Waals surface area contributed by atoms with Crippen LogP contribution in [0.2, 0.25) is 10.0 Å². The van der Waals surface area contributed by atoms with Gasteiger partial charge in [0.1, 0.15) is 5.82 Å². The number of nitrogens with two attached hydrogens (primary N) is 1. The summed E-state index contributed by atoms with van der Waals surface area (Å²) in [5.41, 5.74) is 4.81. The Morgan fingerprint density at radius 3 is 2.57 bits per heavy atom. The molecule has 0 bridgehead atoms. The first-order chi connectivity index (χ1) is 6.40. The van der Waals surface area contributed by atoms with Crippen LogP contribution in [-0.4, -0.2) is 11.7 Å². The van der Waals surface area contributed by atoms with Crippen molar-refractivity contribution in [3.05, 3.63) is 33.6 Å². The molecule has 78 valence electrons. The average Bonchev–Trinajstić information content (AvgIpc) is 2.12. The zero-order valence-electron chi connectivity index (χ0n) is 7.52. The third kappa shape index (κ3) is 2.01. The SMILES string of the molecule is CC(N)(CO)c1c(Cl)ccc(F)c1Cl. The molecule has 0 aromatic heterocycles. The monoisotopic (exact) mass is 237 g/mol. The van der Waals surface area contributed by atoms with E-state index >= 15 is 0 Å². The predicted molar refractivity (Wildman–Crippen MR) is 55.0 cm³/mol. The molecule has 1 rings (SSSR count). The number of benzene rings is 1. The molecular weight excluding hydrogens is 228 g/mol. The summed E-state index contributed by atoms with van der Waals surface area (Å²) >= 11 is 11.5. The highest BCUT2D eigenvalue weighted by Gasteiger charge is 2.27. The lowest BCUT2D eigenvalue weighted by Crippen LogP contribution is -2.37. The number of aliphatic hydroxyl groups is 1. The lowest BCUT2D eigenvalue weighted by molar-refractivity contribution is 0.210. The molecule has 0 aliphatic rings. The minimum Gasteiger partial charge on any atom is -0.394 e. The Bertz CT molecular complexity index is 355. The Balaban J connectivity index is 3.40. The molecule has 0 spiro atoms. The van der Waals surface area contributed by atoms with E-state index < -0.39 is 11.4 Å². The van der Waals surface area contributed by atoms with Gasteiger partial charge in [-0.15, -0.1) is 0 Å². The maximum absolute atomic E-state index is 13.1. The number of rotatable bonds is 2. The molecule has 1 unspecified atom stereocenters. The minimum absolute atomic E-state index is 0.142. The highest BCUT2D eigenvalue weighted by molar-refractivity contribution is 6.36. The van der Waals surface area contributed by atoms with Crippen LogP contribution in [-0.2, 0) is 5.54 Å². The van der Waals surface area contributed by atoms with Crippen molar-refractivity contribution in [2.45, 2.75) is 12.5 Å². The van der Waals surface area contributed by atoms with Crippen LogP contribution in [0.1, 0.15) is 12.5 Å². The first-order valence-corrected chi connectivity index (χ1v) is 4.69. The molecular formula is C9H10Cl2FNO. The van der Waals surface area contributed by atoms with E-state index in [0.29, 0.717) is 0 Å². The molecule has 3 N–H and O–H groups in total. The molecule has 0 aliphatic carbocycles. The number of hydrogen-bond donors (Lipinski definition) is 2. The Hall–Kier alpha value is -0.350. The van der Waals surface area contributed by atoms with Crippen molar-refractivity contribution in [2.24, 2.45) is 5.73 Å². The molecule has 0 fully saturated rings. The van der Waals surface area contributed by atoms with Crippen molar-refractivity contribution in [3.63, 3.8) is 0 Å². The standard InChI is InChI=1S/C9H10Cl2FNO/c1-9(13,4-14)7-5(10)2-3-6(12)8(7)11/h2-3,14H,4,13H2,1H3. The molecule has 0 saturated heterocycles. The lowest BCUT2D eigenvalue weighted by Gasteiger charge is -2.24. The summed E-state index contributed by atoms with van der Waals surface area (Å²) in [6, 6.07) is 2.51.